The zero-order valence-electron chi connectivity index (χ0n) is 18.7. The Morgan fingerprint density at radius 2 is 1.88 bits per heavy atom. The highest BCUT2D eigenvalue weighted by Crippen LogP contribution is 2.36. The van der Waals surface area contributed by atoms with Crippen molar-refractivity contribution in [1.29, 1.82) is 0 Å². The Morgan fingerprint density at radius 1 is 1.22 bits per heavy atom. The van der Waals surface area contributed by atoms with Gasteiger partial charge in [-0.3, -0.25) is 4.79 Å². The van der Waals surface area contributed by atoms with E-state index in [0.717, 1.165) is 5.56 Å². The molecule has 2 aromatic rings. The maximum absolute atomic E-state index is 12.7. The molecule has 0 spiro atoms. The van der Waals surface area contributed by atoms with Crippen LogP contribution in [0.25, 0.3) is 0 Å². The number of nitrogens with one attached hydrogen (secondary N) is 2. The summed E-state index contributed by atoms with van der Waals surface area (Å²) in [6, 6.07) is 8.89. The van der Waals surface area contributed by atoms with Gasteiger partial charge in [0.15, 0.2) is 11.5 Å². The average Bonchev–Trinajstić information content (AvgIpc) is 2.73. The van der Waals surface area contributed by atoms with Gasteiger partial charge in [-0.05, 0) is 65.5 Å². The van der Waals surface area contributed by atoms with Crippen molar-refractivity contribution in [3.63, 3.8) is 0 Å². The van der Waals surface area contributed by atoms with Crippen molar-refractivity contribution in [3.8, 4) is 11.5 Å². The molecule has 10 heteroatoms. The minimum absolute atomic E-state index is 0.0939. The fourth-order valence-electron chi connectivity index (χ4n) is 2.78. The number of hydrogen-bond donors (Lipinski definition) is 2. The van der Waals surface area contributed by atoms with Crippen molar-refractivity contribution in [3.05, 3.63) is 52.0 Å². The van der Waals surface area contributed by atoms with Crippen molar-refractivity contribution in [2.75, 3.05) is 13.7 Å². The third kappa shape index (κ3) is 6.78. The molecule has 8 nitrogen and oxygen atoms in total. The van der Waals surface area contributed by atoms with E-state index in [-0.39, 0.29) is 10.8 Å². The maximum Gasteiger partial charge on any atom is 0.258 e. The van der Waals surface area contributed by atoms with Crippen molar-refractivity contribution < 1.29 is 22.7 Å². The second-order valence-electron chi connectivity index (χ2n) is 7.36. The second kappa shape index (κ2) is 11.4. The first-order chi connectivity index (χ1) is 15.1. The van der Waals surface area contributed by atoms with Gasteiger partial charge in [0.2, 0.25) is 10.0 Å². The van der Waals surface area contributed by atoms with Crippen LogP contribution in [0.1, 0.15) is 31.9 Å². The van der Waals surface area contributed by atoms with E-state index in [1.165, 1.54) is 25.5 Å². The summed E-state index contributed by atoms with van der Waals surface area (Å²) >= 11 is 3.43. The molecule has 0 radical (unpaired) electrons. The molecule has 2 aromatic carbocycles. The number of methoxy groups -OCH3 is 1. The van der Waals surface area contributed by atoms with E-state index < -0.39 is 22.0 Å². The zero-order chi connectivity index (χ0) is 23.9. The molecule has 0 saturated heterocycles. The fourth-order valence-corrected chi connectivity index (χ4v) is 4.70. The summed E-state index contributed by atoms with van der Waals surface area (Å²) in [5.41, 5.74) is 4.00. The van der Waals surface area contributed by atoms with Crippen LogP contribution in [-0.4, -0.2) is 40.3 Å². The van der Waals surface area contributed by atoms with Crippen LogP contribution in [-0.2, 0) is 14.8 Å². The number of hydrazone groups is 1. The van der Waals surface area contributed by atoms with Gasteiger partial charge in [-0.2, -0.15) is 9.82 Å². The number of nitrogens with zero attached hydrogens (tertiary/aromatic N) is 1. The normalized spacial score (nSPS) is 12.7. The molecule has 0 fully saturated rings. The van der Waals surface area contributed by atoms with Gasteiger partial charge in [0.1, 0.15) is 6.04 Å². The van der Waals surface area contributed by atoms with Crippen LogP contribution in [0.4, 0.5) is 0 Å². The average molecular weight is 526 g/mol. The summed E-state index contributed by atoms with van der Waals surface area (Å²) in [5.74, 6) is 0.218. The number of carbonyl (C=O) groups is 1. The summed E-state index contributed by atoms with van der Waals surface area (Å²) in [6.45, 7) is 7.72. The highest BCUT2D eigenvalue weighted by molar-refractivity contribution is 9.10. The van der Waals surface area contributed by atoms with E-state index in [2.05, 4.69) is 31.2 Å². The molecule has 0 bridgehead atoms. The van der Waals surface area contributed by atoms with E-state index >= 15 is 0 Å². The molecule has 2 rings (SSSR count). The van der Waals surface area contributed by atoms with Gasteiger partial charge in [-0.15, -0.1) is 0 Å². The third-order valence-corrected chi connectivity index (χ3v) is 6.54. The number of amides is 1. The van der Waals surface area contributed by atoms with Gasteiger partial charge in [0.25, 0.3) is 5.91 Å². The van der Waals surface area contributed by atoms with Gasteiger partial charge in [-0.1, -0.05) is 31.5 Å². The standard InChI is InChI=1S/C22H28BrN3O5S/c1-6-31-21-18(23)11-16(12-19(21)30-5)13-24-25-22(27)20(14(2)3)26-32(28,29)17-9-7-15(4)8-10-17/h7-14,20,26H,6H2,1-5H3,(H,25,27)/b24-13-/t20-/m0/s1. The van der Waals surface area contributed by atoms with Crippen LogP contribution in [0.5, 0.6) is 11.5 Å². The Bertz CT molecular complexity index is 1070. The lowest BCUT2D eigenvalue weighted by molar-refractivity contribution is -0.123. The van der Waals surface area contributed by atoms with Crippen LogP contribution < -0.4 is 19.6 Å². The van der Waals surface area contributed by atoms with E-state index in [1.54, 1.807) is 38.1 Å². The van der Waals surface area contributed by atoms with Crippen molar-refractivity contribution >= 4 is 38.1 Å². The number of hydrogen-bond acceptors (Lipinski definition) is 6. The Kier molecular flexibility index (Phi) is 9.23. The smallest absolute Gasteiger partial charge is 0.258 e. The van der Waals surface area contributed by atoms with E-state index in [4.69, 9.17) is 9.47 Å². The van der Waals surface area contributed by atoms with Crippen LogP contribution >= 0.6 is 15.9 Å². The van der Waals surface area contributed by atoms with Crippen molar-refractivity contribution in [1.82, 2.24) is 10.1 Å². The lowest BCUT2D eigenvalue weighted by atomic mass is 10.1. The molecule has 0 aliphatic rings. The van der Waals surface area contributed by atoms with Crippen LogP contribution in [0, 0.1) is 12.8 Å². The van der Waals surface area contributed by atoms with E-state index in [0.29, 0.717) is 28.1 Å². The van der Waals surface area contributed by atoms with Gasteiger partial charge in [0.05, 0.1) is 29.3 Å². The minimum Gasteiger partial charge on any atom is -0.493 e. The Labute approximate surface area is 197 Å². The molecule has 0 aromatic heterocycles. The number of rotatable bonds is 10. The summed E-state index contributed by atoms with van der Waals surface area (Å²) in [7, 11) is -2.34. The molecule has 0 saturated carbocycles. The Morgan fingerprint density at radius 3 is 2.44 bits per heavy atom. The molecule has 32 heavy (non-hydrogen) atoms. The molecule has 1 atom stereocenters. The van der Waals surface area contributed by atoms with Gasteiger partial charge in [-0.25, -0.2) is 13.8 Å². The minimum atomic E-state index is -3.87. The van der Waals surface area contributed by atoms with Crippen LogP contribution in [0.15, 0.2) is 50.9 Å². The Hall–Kier alpha value is -2.43. The maximum atomic E-state index is 12.7. The van der Waals surface area contributed by atoms with Gasteiger partial charge < -0.3 is 9.47 Å². The molecule has 1 amide bonds. The molecule has 2 N–H and O–H groups in total. The van der Waals surface area contributed by atoms with Crippen LogP contribution in [0.2, 0.25) is 0 Å². The SMILES string of the molecule is CCOc1c(Br)cc(/C=N\NC(=O)[C@@H](NS(=O)(=O)c2ccc(C)cc2)C(C)C)cc1OC. The largest absolute Gasteiger partial charge is 0.493 e. The predicted octanol–water partition coefficient (Wildman–Crippen LogP) is 3.62. The first kappa shape index (κ1) is 25.8. The fraction of sp³-hybridized carbons (Fsp3) is 0.364. The molecular weight excluding hydrogens is 498 g/mol. The second-order valence-corrected chi connectivity index (χ2v) is 9.93. The molecular formula is C22H28BrN3O5S. The summed E-state index contributed by atoms with van der Waals surface area (Å²) in [4.78, 5) is 12.8. The van der Waals surface area contributed by atoms with Crippen molar-refractivity contribution in [2.24, 2.45) is 11.0 Å². The quantitative estimate of drug-likeness (QED) is 0.364. The number of carbonyl (C=O) groups excluding carboxylic acids is 1. The van der Waals surface area contributed by atoms with Crippen LogP contribution in [0.3, 0.4) is 0 Å². The zero-order valence-corrected chi connectivity index (χ0v) is 21.1. The monoisotopic (exact) mass is 525 g/mol. The number of sulfonamides is 1. The molecule has 0 aliphatic heterocycles. The van der Waals surface area contributed by atoms with Crippen molar-refractivity contribution in [2.45, 2.75) is 38.6 Å². The molecule has 0 aliphatic carbocycles. The number of benzene rings is 2. The molecule has 0 unspecified atom stereocenters. The number of ether oxygens (including phenoxy) is 2. The number of aryl methyl sites for hydroxylation is 1. The lowest BCUT2D eigenvalue weighted by Gasteiger charge is -2.20. The van der Waals surface area contributed by atoms with E-state index in [1.807, 2.05) is 13.8 Å². The Balaban J connectivity index is 2.14. The lowest BCUT2D eigenvalue weighted by Crippen LogP contribution is -2.48. The number of halogens is 1. The topological polar surface area (TPSA) is 106 Å². The van der Waals surface area contributed by atoms with Gasteiger partial charge >= 0.3 is 0 Å². The summed E-state index contributed by atoms with van der Waals surface area (Å²) < 4.78 is 39.4. The first-order valence-electron chi connectivity index (χ1n) is 10.0. The third-order valence-electron chi connectivity index (χ3n) is 4.49. The molecule has 0 heterocycles. The van der Waals surface area contributed by atoms with E-state index in [9.17, 15) is 13.2 Å². The summed E-state index contributed by atoms with van der Waals surface area (Å²) in [6.07, 6.45) is 1.44. The summed E-state index contributed by atoms with van der Waals surface area (Å²) in [5, 5.41) is 3.97. The first-order valence-corrected chi connectivity index (χ1v) is 12.3. The highest BCUT2D eigenvalue weighted by Gasteiger charge is 2.28. The highest BCUT2D eigenvalue weighted by atomic mass is 79.9. The predicted molar refractivity (Wildman–Crippen MR) is 128 cm³/mol. The molecule has 174 valence electrons. The van der Waals surface area contributed by atoms with Gasteiger partial charge in [0, 0.05) is 0 Å².